The molecule has 3 aliphatic carbocycles. The van der Waals surface area contributed by atoms with Crippen LogP contribution in [-0.4, -0.2) is 40.9 Å². The third-order valence-electron chi connectivity index (χ3n) is 13.2. The lowest BCUT2D eigenvalue weighted by Gasteiger charge is -2.58. The maximum Gasteiger partial charge on any atom is 0.303 e. The Morgan fingerprint density at radius 2 is 1.45 bits per heavy atom. The standard InChI is InChI=1S/C34H64O4Si2/c1-24-14-15-28-27(23-38-40(12,13)32(5,6)7)29(17-19-33(24,28)8)34(9)18-16-25(21-30(35)36)20-26(34)22-37-39(10,11)31(2,3)4/h25-29H,1,14-23H2,2-13H3,(H,35,36)/t25-,26+,27-,28-,29-,33+,34-/m0/s1. The van der Waals surface area contributed by atoms with E-state index in [-0.39, 0.29) is 33.2 Å². The summed E-state index contributed by atoms with van der Waals surface area (Å²) < 4.78 is 14.0. The van der Waals surface area contributed by atoms with Crippen LogP contribution in [-0.2, 0) is 13.6 Å². The van der Waals surface area contributed by atoms with Crippen molar-refractivity contribution in [2.75, 3.05) is 13.2 Å². The quantitative estimate of drug-likeness (QED) is 0.214. The van der Waals surface area contributed by atoms with E-state index < -0.39 is 22.6 Å². The van der Waals surface area contributed by atoms with Crippen LogP contribution in [0.5, 0.6) is 0 Å². The van der Waals surface area contributed by atoms with Gasteiger partial charge in [-0.15, -0.1) is 0 Å². The van der Waals surface area contributed by atoms with Crippen LogP contribution in [0.4, 0.5) is 0 Å². The average molecular weight is 593 g/mol. The van der Waals surface area contributed by atoms with E-state index >= 15 is 0 Å². The fourth-order valence-corrected chi connectivity index (χ4v) is 10.1. The minimum Gasteiger partial charge on any atom is -0.481 e. The van der Waals surface area contributed by atoms with Crippen LogP contribution in [0.1, 0.15) is 107 Å². The molecule has 0 radical (unpaired) electrons. The molecule has 0 aromatic rings. The molecular formula is C34H64O4Si2. The van der Waals surface area contributed by atoms with Crippen molar-refractivity contribution in [3.63, 3.8) is 0 Å². The van der Waals surface area contributed by atoms with Crippen LogP contribution >= 0.6 is 0 Å². The average Bonchev–Trinajstić information content (AvgIpc) is 3.10. The second kappa shape index (κ2) is 11.6. The summed E-state index contributed by atoms with van der Waals surface area (Å²) in [6.07, 6.45) is 8.20. The van der Waals surface area contributed by atoms with Gasteiger partial charge in [-0.2, -0.15) is 0 Å². The van der Waals surface area contributed by atoms with Crippen LogP contribution in [0.3, 0.4) is 0 Å². The monoisotopic (exact) mass is 592 g/mol. The molecule has 0 amide bonds. The van der Waals surface area contributed by atoms with Gasteiger partial charge < -0.3 is 14.0 Å². The van der Waals surface area contributed by atoms with Crippen molar-refractivity contribution < 1.29 is 18.8 Å². The number of aliphatic carboxylic acids is 1. The molecule has 0 saturated heterocycles. The summed E-state index contributed by atoms with van der Waals surface area (Å²) in [6.45, 7) is 34.7. The van der Waals surface area contributed by atoms with Gasteiger partial charge in [0, 0.05) is 19.6 Å². The third kappa shape index (κ3) is 6.70. The minimum absolute atomic E-state index is 0.129. The highest BCUT2D eigenvalue weighted by Crippen LogP contribution is 2.64. The maximum absolute atomic E-state index is 11.7. The molecule has 0 unspecified atom stereocenters. The van der Waals surface area contributed by atoms with Gasteiger partial charge >= 0.3 is 5.97 Å². The first kappa shape index (κ1) is 34.1. The van der Waals surface area contributed by atoms with Crippen LogP contribution in [0.15, 0.2) is 12.2 Å². The van der Waals surface area contributed by atoms with Gasteiger partial charge in [-0.1, -0.05) is 67.5 Å². The lowest BCUT2D eigenvalue weighted by atomic mass is 9.49. The zero-order valence-corrected chi connectivity index (χ0v) is 30.3. The summed E-state index contributed by atoms with van der Waals surface area (Å²) in [5.41, 5.74) is 1.81. The molecule has 1 N–H and O–H groups in total. The minimum atomic E-state index is -1.92. The number of carboxylic acids is 1. The van der Waals surface area contributed by atoms with Gasteiger partial charge in [0.1, 0.15) is 0 Å². The molecule has 232 valence electrons. The first-order chi connectivity index (χ1) is 18.1. The van der Waals surface area contributed by atoms with Crippen molar-refractivity contribution in [1.82, 2.24) is 0 Å². The predicted molar refractivity (Wildman–Crippen MR) is 174 cm³/mol. The number of carboxylic acid groups (broad SMARTS) is 1. The Morgan fingerprint density at radius 3 is 1.98 bits per heavy atom. The summed E-state index contributed by atoms with van der Waals surface area (Å²) in [5, 5.41) is 10.0. The molecule has 3 rings (SSSR count). The molecule has 0 heterocycles. The van der Waals surface area contributed by atoms with Crippen molar-refractivity contribution >= 4 is 22.6 Å². The van der Waals surface area contributed by atoms with Crippen LogP contribution in [0.25, 0.3) is 0 Å². The van der Waals surface area contributed by atoms with Crippen molar-refractivity contribution in [1.29, 1.82) is 0 Å². The Hall–Kier alpha value is -0.436. The Balaban J connectivity index is 1.97. The van der Waals surface area contributed by atoms with Gasteiger partial charge in [0.15, 0.2) is 16.6 Å². The summed E-state index contributed by atoms with van der Waals surface area (Å²) in [5.74, 6) is 1.69. The maximum atomic E-state index is 11.7. The normalized spacial score (nSPS) is 36.0. The van der Waals surface area contributed by atoms with E-state index in [1.54, 1.807) is 0 Å². The summed E-state index contributed by atoms with van der Waals surface area (Å²) in [6, 6.07) is 0. The van der Waals surface area contributed by atoms with E-state index in [1.165, 1.54) is 24.8 Å². The highest BCUT2D eigenvalue weighted by atomic mass is 28.4. The number of hydrogen-bond donors (Lipinski definition) is 1. The smallest absolute Gasteiger partial charge is 0.303 e. The van der Waals surface area contributed by atoms with Gasteiger partial charge in [0.25, 0.3) is 0 Å². The predicted octanol–water partition coefficient (Wildman–Crippen LogP) is 9.93. The van der Waals surface area contributed by atoms with E-state index in [9.17, 15) is 9.90 Å². The molecule has 0 bridgehead atoms. The second-order valence-electron chi connectivity index (χ2n) is 17.6. The number of allylic oxidation sites excluding steroid dienone is 1. The fourth-order valence-electron chi connectivity index (χ4n) is 7.98. The lowest BCUT2D eigenvalue weighted by molar-refractivity contribution is -0.140. The van der Waals surface area contributed by atoms with Crippen LogP contribution < -0.4 is 0 Å². The van der Waals surface area contributed by atoms with Gasteiger partial charge in [0.05, 0.1) is 0 Å². The molecular weight excluding hydrogens is 529 g/mol. The van der Waals surface area contributed by atoms with E-state index in [0.29, 0.717) is 23.7 Å². The van der Waals surface area contributed by atoms with Crippen molar-refractivity contribution in [3.8, 4) is 0 Å². The molecule has 0 aromatic carbocycles. The van der Waals surface area contributed by atoms with Crippen LogP contribution in [0.2, 0.25) is 36.3 Å². The molecule has 0 spiro atoms. The summed E-state index contributed by atoms with van der Waals surface area (Å²) in [4.78, 5) is 11.7. The van der Waals surface area contributed by atoms with E-state index in [1.807, 2.05) is 0 Å². The van der Waals surface area contributed by atoms with Crippen molar-refractivity contribution in [2.45, 2.75) is 143 Å². The number of hydrogen-bond acceptors (Lipinski definition) is 3. The largest absolute Gasteiger partial charge is 0.481 e. The zero-order valence-electron chi connectivity index (χ0n) is 28.3. The number of fused-ring (bicyclic) bond motifs is 1. The molecule has 0 aliphatic heterocycles. The third-order valence-corrected chi connectivity index (χ3v) is 22.2. The summed E-state index contributed by atoms with van der Waals surface area (Å²) >= 11 is 0. The first-order valence-electron chi connectivity index (χ1n) is 16.2. The van der Waals surface area contributed by atoms with Crippen molar-refractivity contribution in [3.05, 3.63) is 12.2 Å². The first-order valence-corrected chi connectivity index (χ1v) is 22.0. The summed E-state index contributed by atoms with van der Waals surface area (Å²) in [7, 11) is -3.81. The van der Waals surface area contributed by atoms with Gasteiger partial charge in [-0.05, 0) is 122 Å². The Morgan fingerprint density at radius 1 is 0.900 bits per heavy atom. The molecule has 7 atom stereocenters. The molecule has 0 aromatic heterocycles. The Labute approximate surface area is 249 Å². The van der Waals surface area contributed by atoms with Gasteiger partial charge in [-0.3, -0.25) is 4.79 Å². The number of carbonyl (C=O) groups is 1. The van der Waals surface area contributed by atoms with Gasteiger partial charge in [-0.25, -0.2) is 0 Å². The topological polar surface area (TPSA) is 55.8 Å². The molecule has 3 aliphatic rings. The second-order valence-corrected chi connectivity index (χ2v) is 27.2. The molecule has 4 nitrogen and oxygen atoms in total. The van der Waals surface area contributed by atoms with E-state index in [0.717, 1.165) is 38.9 Å². The van der Waals surface area contributed by atoms with E-state index in [4.69, 9.17) is 8.85 Å². The number of rotatable bonds is 9. The molecule has 6 heteroatoms. The Bertz CT molecular complexity index is 929. The Kier molecular flexibility index (Phi) is 9.86. The highest BCUT2D eigenvalue weighted by molar-refractivity contribution is 6.74. The van der Waals surface area contributed by atoms with E-state index in [2.05, 4.69) is 88.2 Å². The van der Waals surface area contributed by atoms with Gasteiger partial charge in [0.2, 0.25) is 0 Å². The zero-order chi connectivity index (χ0) is 30.5. The van der Waals surface area contributed by atoms with Crippen LogP contribution in [0, 0.1) is 40.4 Å². The molecule has 3 fully saturated rings. The lowest BCUT2D eigenvalue weighted by Crippen LogP contribution is -2.54. The molecule has 3 saturated carbocycles. The molecule has 40 heavy (non-hydrogen) atoms. The highest BCUT2D eigenvalue weighted by Gasteiger charge is 2.57. The fraction of sp³-hybridized carbons (Fsp3) is 0.912. The van der Waals surface area contributed by atoms with Crippen molar-refractivity contribution in [2.24, 2.45) is 40.4 Å². The SMILES string of the molecule is C=C1CC[C@H]2[C@H](CO[Si](C)(C)C(C)(C)C)[C@@H]([C@@]3(C)CC[C@H](CC(=O)O)C[C@@H]3CO[Si](C)(C)C(C)(C)C)CC[C@]12C.